The third-order valence-corrected chi connectivity index (χ3v) is 3.25. The number of carboxylic acid groups (broad SMARTS) is 1. The Bertz CT molecular complexity index is 508. The molecule has 0 bridgehead atoms. The molecule has 0 aliphatic carbocycles. The lowest BCUT2D eigenvalue weighted by atomic mass is 10.0. The van der Waals surface area contributed by atoms with Crippen LogP contribution in [-0.2, 0) is 4.79 Å². The molecule has 0 saturated carbocycles. The normalized spacial score (nSPS) is 12.1. The number of nitrogens with one attached hydrogen (secondary N) is 1. The Balaban J connectivity index is 3.01. The molecule has 0 radical (unpaired) electrons. The van der Waals surface area contributed by atoms with Crippen molar-refractivity contribution in [2.24, 2.45) is 5.92 Å². The van der Waals surface area contributed by atoms with Crippen LogP contribution in [0.2, 0.25) is 10.0 Å². The number of rotatable bonds is 5. The van der Waals surface area contributed by atoms with Crippen molar-refractivity contribution in [2.75, 3.05) is 7.11 Å². The van der Waals surface area contributed by atoms with E-state index >= 15 is 0 Å². The minimum Gasteiger partial charge on any atom is -0.494 e. The molecule has 5 nitrogen and oxygen atoms in total. The largest absolute Gasteiger partial charge is 0.494 e. The Labute approximate surface area is 126 Å². The summed E-state index contributed by atoms with van der Waals surface area (Å²) in [7, 11) is 1.41. The standard InChI is InChI=1S/C13H15Cl2NO4/c1-6(2)10(13(18)19)16-12(17)7-4-8(14)11(20-3)9(15)5-7/h4-6,10H,1-3H3,(H,16,17)(H,18,19)/t10-/m0/s1. The first kappa shape index (κ1) is 16.6. The molecule has 2 N–H and O–H groups in total. The predicted octanol–water partition coefficient (Wildman–Crippen LogP) is 2.84. The van der Waals surface area contributed by atoms with Crippen LogP contribution in [-0.4, -0.2) is 30.1 Å². The molecule has 0 aromatic heterocycles. The number of halogens is 2. The van der Waals surface area contributed by atoms with Crippen molar-refractivity contribution in [2.45, 2.75) is 19.9 Å². The predicted molar refractivity (Wildman–Crippen MR) is 76.7 cm³/mol. The molecule has 0 heterocycles. The number of ether oxygens (including phenoxy) is 1. The monoisotopic (exact) mass is 319 g/mol. The lowest BCUT2D eigenvalue weighted by Gasteiger charge is -2.18. The molecule has 0 aliphatic rings. The lowest BCUT2D eigenvalue weighted by Crippen LogP contribution is -2.44. The van der Waals surface area contributed by atoms with Gasteiger partial charge in [-0.2, -0.15) is 0 Å². The summed E-state index contributed by atoms with van der Waals surface area (Å²) in [6.07, 6.45) is 0. The van der Waals surface area contributed by atoms with E-state index in [9.17, 15) is 9.59 Å². The fraction of sp³-hybridized carbons (Fsp3) is 0.385. The second-order valence-corrected chi connectivity index (χ2v) is 5.32. The molecule has 0 saturated heterocycles. The quantitative estimate of drug-likeness (QED) is 0.875. The summed E-state index contributed by atoms with van der Waals surface area (Å²) in [6.45, 7) is 3.40. The number of methoxy groups -OCH3 is 1. The van der Waals surface area contributed by atoms with Crippen LogP contribution >= 0.6 is 23.2 Å². The molecule has 0 spiro atoms. The summed E-state index contributed by atoms with van der Waals surface area (Å²) in [5.74, 6) is -1.64. The zero-order chi connectivity index (χ0) is 15.4. The summed E-state index contributed by atoms with van der Waals surface area (Å²) in [6, 6.07) is 1.77. The van der Waals surface area contributed by atoms with E-state index in [1.807, 2.05) is 0 Å². The van der Waals surface area contributed by atoms with Gasteiger partial charge in [-0.3, -0.25) is 4.79 Å². The van der Waals surface area contributed by atoms with Crippen molar-refractivity contribution < 1.29 is 19.4 Å². The van der Waals surface area contributed by atoms with Gasteiger partial charge in [0, 0.05) is 5.56 Å². The van der Waals surface area contributed by atoms with Crippen molar-refractivity contribution >= 4 is 35.1 Å². The second-order valence-electron chi connectivity index (χ2n) is 4.51. The smallest absolute Gasteiger partial charge is 0.326 e. The van der Waals surface area contributed by atoms with Gasteiger partial charge >= 0.3 is 5.97 Å². The molecule has 0 fully saturated rings. The van der Waals surface area contributed by atoms with Gasteiger partial charge in [-0.15, -0.1) is 0 Å². The summed E-state index contributed by atoms with van der Waals surface area (Å²) in [5.41, 5.74) is 0.174. The molecule has 110 valence electrons. The lowest BCUT2D eigenvalue weighted by molar-refractivity contribution is -0.140. The van der Waals surface area contributed by atoms with Crippen LogP contribution in [0.25, 0.3) is 0 Å². The highest BCUT2D eigenvalue weighted by molar-refractivity contribution is 6.37. The summed E-state index contributed by atoms with van der Waals surface area (Å²) in [4.78, 5) is 23.1. The fourth-order valence-corrected chi connectivity index (χ4v) is 2.27. The van der Waals surface area contributed by atoms with Crippen LogP contribution in [0, 0.1) is 5.92 Å². The first-order chi connectivity index (χ1) is 9.27. The van der Waals surface area contributed by atoms with Crippen LogP contribution in [0.1, 0.15) is 24.2 Å². The van der Waals surface area contributed by atoms with Gasteiger partial charge in [0.15, 0.2) is 5.75 Å². The minimum absolute atomic E-state index is 0.174. The second kappa shape index (κ2) is 6.81. The average molecular weight is 320 g/mol. The minimum atomic E-state index is -1.10. The first-order valence-corrected chi connectivity index (χ1v) is 6.60. The maximum atomic E-state index is 12.0. The molecule has 0 unspecified atom stereocenters. The molecule has 1 atom stereocenters. The van der Waals surface area contributed by atoms with Crippen molar-refractivity contribution in [1.82, 2.24) is 5.32 Å². The van der Waals surface area contributed by atoms with Crippen molar-refractivity contribution in [1.29, 1.82) is 0 Å². The number of amides is 1. The molecule has 1 aromatic carbocycles. The first-order valence-electron chi connectivity index (χ1n) is 5.84. The van der Waals surface area contributed by atoms with E-state index in [0.717, 1.165) is 0 Å². The van der Waals surface area contributed by atoms with Gasteiger partial charge in [-0.25, -0.2) is 4.79 Å². The van der Waals surface area contributed by atoms with Gasteiger partial charge < -0.3 is 15.2 Å². The molecular weight excluding hydrogens is 305 g/mol. The SMILES string of the molecule is COc1c(Cl)cc(C(=O)N[C@H](C(=O)O)C(C)C)cc1Cl. The van der Waals surface area contributed by atoms with Gasteiger partial charge in [0.1, 0.15) is 6.04 Å². The van der Waals surface area contributed by atoms with Crippen LogP contribution in [0.15, 0.2) is 12.1 Å². The summed E-state index contributed by atoms with van der Waals surface area (Å²) in [5, 5.41) is 11.8. The van der Waals surface area contributed by atoms with Gasteiger partial charge in [0.2, 0.25) is 0 Å². The van der Waals surface area contributed by atoms with E-state index in [0.29, 0.717) is 0 Å². The van der Waals surface area contributed by atoms with Crippen LogP contribution < -0.4 is 10.1 Å². The van der Waals surface area contributed by atoms with Crippen molar-refractivity contribution in [3.05, 3.63) is 27.7 Å². The Morgan fingerprint density at radius 2 is 1.75 bits per heavy atom. The molecule has 20 heavy (non-hydrogen) atoms. The van der Waals surface area contributed by atoms with Crippen LogP contribution in [0.5, 0.6) is 5.75 Å². The molecule has 0 aliphatic heterocycles. The number of hydrogen-bond donors (Lipinski definition) is 2. The van der Waals surface area contributed by atoms with Gasteiger partial charge in [0.25, 0.3) is 5.91 Å². The number of hydrogen-bond acceptors (Lipinski definition) is 3. The molecule has 1 amide bonds. The summed E-state index contributed by atoms with van der Waals surface area (Å²) < 4.78 is 4.98. The van der Waals surface area contributed by atoms with Gasteiger partial charge in [-0.1, -0.05) is 37.0 Å². The number of carboxylic acids is 1. The van der Waals surface area contributed by atoms with E-state index in [1.165, 1.54) is 19.2 Å². The van der Waals surface area contributed by atoms with E-state index in [4.69, 9.17) is 33.0 Å². The number of carbonyl (C=O) groups is 2. The Hall–Kier alpha value is -1.46. The highest BCUT2D eigenvalue weighted by atomic mass is 35.5. The highest BCUT2D eigenvalue weighted by Crippen LogP contribution is 2.33. The maximum absolute atomic E-state index is 12.0. The average Bonchev–Trinajstić information content (AvgIpc) is 2.34. The Kier molecular flexibility index (Phi) is 5.65. The molecule has 7 heteroatoms. The topological polar surface area (TPSA) is 75.6 Å². The molecule has 1 rings (SSSR count). The fourth-order valence-electron chi connectivity index (χ4n) is 1.62. The Morgan fingerprint density at radius 1 is 1.25 bits per heavy atom. The summed E-state index contributed by atoms with van der Waals surface area (Å²) >= 11 is 11.9. The third kappa shape index (κ3) is 3.77. The number of benzene rings is 1. The molecule has 1 aromatic rings. The molecular formula is C13H15Cl2NO4. The van der Waals surface area contributed by atoms with E-state index < -0.39 is 17.9 Å². The van der Waals surface area contributed by atoms with E-state index in [-0.39, 0.29) is 27.3 Å². The number of carbonyl (C=O) groups excluding carboxylic acids is 1. The van der Waals surface area contributed by atoms with Crippen molar-refractivity contribution in [3.63, 3.8) is 0 Å². The Morgan fingerprint density at radius 3 is 2.10 bits per heavy atom. The highest BCUT2D eigenvalue weighted by Gasteiger charge is 2.24. The van der Waals surface area contributed by atoms with Crippen LogP contribution in [0.4, 0.5) is 0 Å². The van der Waals surface area contributed by atoms with Crippen molar-refractivity contribution in [3.8, 4) is 5.75 Å². The van der Waals surface area contributed by atoms with E-state index in [1.54, 1.807) is 13.8 Å². The van der Waals surface area contributed by atoms with Gasteiger partial charge in [0.05, 0.1) is 17.2 Å². The van der Waals surface area contributed by atoms with Gasteiger partial charge in [-0.05, 0) is 18.1 Å². The van der Waals surface area contributed by atoms with E-state index in [2.05, 4.69) is 5.32 Å². The zero-order valence-electron chi connectivity index (χ0n) is 11.2. The maximum Gasteiger partial charge on any atom is 0.326 e. The van der Waals surface area contributed by atoms with Crippen LogP contribution in [0.3, 0.4) is 0 Å². The number of aliphatic carboxylic acids is 1. The third-order valence-electron chi connectivity index (χ3n) is 2.68. The zero-order valence-corrected chi connectivity index (χ0v) is 12.7.